The average Bonchev–Trinajstić information content (AvgIpc) is 3.67. The first-order chi connectivity index (χ1) is 17.5. The third kappa shape index (κ3) is 3.64. The maximum absolute atomic E-state index is 13.9. The van der Waals surface area contributed by atoms with Crippen LogP contribution in [0, 0.1) is 6.92 Å². The van der Waals surface area contributed by atoms with Gasteiger partial charge in [-0.25, -0.2) is 9.36 Å². The minimum absolute atomic E-state index is 0.144. The summed E-state index contributed by atoms with van der Waals surface area (Å²) in [5.41, 5.74) is 1.57. The first-order valence-corrected chi connectivity index (χ1v) is 12.2. The summed E-state index contributed by atoms with van der Waals surface area (Å²) in [6.45, 7) is 5.74. The van der Waals surface area contributed by atoms with Gasteiger partial charge in [-0.1, -0.05) is 18.2 Å². The lowest BCUT2D eigenvalue weighted by Gasteiger charge is -2.38. The van der Waals surface area contributed by atoms with Crippen LogP contribution in [0.5, 0.6) is 0 Å². The van der Waals surface area contributed by atoms with Gasteiger partial charge in [-0.3, -0.25) is 9.59 Å². The van der Waals surface area contributed by atoms with Crippen molar-refractivity contribution in [1.82, 2.24) is 29.0 Å². The Morgan fingerprint density at radius 1 is 1.00 bits per heavy atom. The molecule has 4 aromatic rings. The Balaban J connectivity index is 1.41. The lowest BCUT2D eigenvalue weighted by molar-refractivity contribution is -0.188. The second-order valence-electron chi connectivity index (χ2n) is 9.33. The molecule has 0 N–H and O–H groups in total. The van der Waals surface area contributed by atoms with Crippen LogP contribution in [0.1, 0.15) is 31.5 Å². The monoisotopic (exact) mass is 488 g/mol. The van der Waals surface area contributed by atoms with Crippen molar-refractivity contribution in [3.63, 3.8) is 0 Å². The third-order valence-electron chi connectivity index (χ3n) is 7.11. The number of benzene rings is 1. The standard InChI is InChI=1S/C26H28N6O4/c1-18-22-21(23(29-12-6-7-13-29)32(28-22)20-8-4-3-5-9-20)25(34)31(27-18)19(2)24(33)30-14-10-26(11-15-30)35-16-17-36-26/h3-9,12-13,19H,10-11,14-17H2,1-2H3/t19-/m0/s1. The number of para-hydroxylation sites is 1. The fourth-order valence-electron chi connectivity index (χ4n) is 5.18. The predicted molar refractivity (Wildman–Crippen MR) is 132 cm³/mol. The molecule has 0 saturated carbocycles. The zero-order chi connectivity index (χ0) is 24.9. The van der Waals surface area contributed by atoms with Gasteiger partial charge in [-0.05, 0) is 38.1 Å². The maximum Gasteiger partial charge on any atom is 0.280 e. The number of carbonyl (C=O) groups is 1. The molecule has 1 atom stereocenters. The van der Waals surface area contributed by atoms with E-state index >= 15 is 0 Å². The zero-order valence-corrected chi connectivity index (χ0v) is 20.3. The van der Waals surface area contributed by atoms with Crippen molar-refractivity contribution < 1.29 is 14.3 Å². The summed E-state index contributed by atoms with van der Waals surface area (Å²) in [4.78, 5) is 29.1. The third-order valence-corrected chi connectivity index (χ3v) is 7.11. The molecule has 10 nitrogen and oxygen atoms in total. The molecule has 0 unspecified atom stereocenters. The Labute approximate surface area is 207 Å². The Kier molecular flexibility index (Phi) is 5.50. The van der Waals surface area contributed by atoms with Gasteiger partial charge in [0.25, 0.3) is 5.56 Å². The number of hydrogen-bond donors (Lipinski definition) is 0. The van der Waals surface area contributed by atoms with Gasteiger partial charge in [0, 0.05) is 38.3 Å². The summed E-state index contributed by atoms with van der Waals surface area (Å²) in [6, 6.07) is 12.7. The number of aryl methyl sites for hydroxylation is 1. The van der Waals surface area contributed by atoms with Crippen LogP contribution in [0.25, 0.3) is 22.4 Å². The highest BCUT2D eigenvalue weighted by Crippen LogP contribution is 2.32. The zero-order valence-electron chi connectivity index (χ0n) is 20.3. The van der Waals surface area contributed by atoms with E-state index in [1.807, 2.05) is 66.3 Å². The minimum atomic E-state index is -0.766. The highest BCUT2D eigenvalue weighted by Gasteiger charge is 2.41. The molecule has 0 bridgehead atoms. The van der Waals surface area contributed by atoms with E-state index in [1.165, 1.54) is 4.68 Å². The van der Waals surface area contributed by atoms with Gasteiger partial charge < -0.3 is 18.9 Å². The van der Waals surface area contributed by atoms with E-state index in [0.717, 1.165) is 5.69 Å². The molecule has 0 radical (unpaired) electrons. The maximum atomic E-state index is 13.9. The van der Waals surface area contributed by atoms with Crippen molar-refractivity contribution in [3.05, 3.63) is 70.9 Å². The molecule has 1 aromatic carbocycles. The average molecular weight is 489 g/mol. The number of rotatable bonds is 4. The molecule has 186 valence electrons. The molecule has 3 aromatic heterocycles. The fourth-order valence-corrected chi connectivity index (χ4v) is 5.18. The van der Waals surface area contributed by atoms with E-state index < -0.39 is 11.8 Å². The number of likely N-dealkylation sites (tertiary alicyclic amines) is 1. The van der Waals surface area contributed by atoms with E-state index in [2.05, 4.69) is 5.10 Å². The molecule has 36 heavy (non-hydrogen) atoms. The van der Waals surface area contributed by atoms with Crippen molar-refractivity contribution in [1.29, 1.82) is 0 Å². The number of ether oxygens (including phenoxy) is 2. The summed E-state index contributed by atoms with van der Waals surface area (Å²) in [7, 11) is 0. The summed E-state index contributed by atoms with van der Waals surface area (Å²) in [5.74, 6) is -0.0999. The number of nitrogens with zero attached hydrogens (tertiary/aromatic N) is 6. The lowest BCUT2D eigenvalue weighted by Crippen LogP contribution is -2.49. The lowest BCUT2D eigenvalue weighted by atomic mass is 10.0. The summed E-state index contributed by atoms with van der Waals surface area (Å²) >= 11 is 0. The number of aromatic nitrogens is 5. The Morgan fingerprint density at radius 2 is 1.67 bits per heavy atom. The molecular formula is C26H28N6O4. The second-order valence-corrected chi connectivity index (χ2v) is 9.33. The molecule has 2 aliphatic heterocycles. The van der Waals surface area contributed by atoms with Crippen LogP contribution in [0.3, 0.4) is 0 Å². The normalized spacial score (nSPS) is 18.2. The Bertz CT molecular complexity index is 1460. The summed E-state index contributed by atoms with van der Waals surface area (Å²) in [6.07, 6.45) is 4.99. The van der Waals surface area contributed by atoms with Crippen LogP contribution in [-0.2, 0) is 14.3 Å². The smallest absolute Gasteiger partial charge is 0.280 e. The predicted octanol–water partition coefficient (Wildman–Crippen LogP) is 2.61. The second kappa shape index (κ2) is 8.72. The van der Waals surface area contributed by atoms with Crippen molar-refractivity contribution in [3.8, 4) is 11.5 Å². The first kappa shape index (κ1) is 22.7. The summed E-state index contributed by atoms with van der Waals surface area (Å²) < 4.78 is 16.5. The van der Waals surface area contributed by atoms with Gasteiger partial charge >= 0.3 is 0 Å². The van der Waals surface area contributed by atoms with E-state index in [-0.39, 0.29) is 11.5 Å². The van der Waals surface area contributed by atoms with Crippen molar-refractivity contribution in [2.45, 2.75) is 38.5 Å². The van der Waals surface area contributed by atoms with Gasteiger partial charge in [-0.15, -0.1) is 0 Å². The number of piperidine rings is 1. The fraction of sp³-hybridized carbons (Fsp3) is 0.385. The number of hydrogen-bond acceptors (Lipinski definition) is 6. The Hall–Kier alpha value is -3.76. The summed E-state index contributed by atoms with van der Waals surface area (Å²) in [5, 5.41) is 9.73. The van der Waals surface area contributed by atoms with E-state index in [0.29, 0.717) is 61.6 Å². The van der Waals surface area contributed by atoms with Crippen LogP contribution in [0.15, 0.2) is 59.7 Å². The topological polar surface area (TPSA) is 96.4 Å². The minimum Gasteiger partial charge on any atom is -0.347 e. The highest BCUT2D eigenvalue weighted by atomic mass is 16.7. The molecule has 2 saturated heterocycles. The SMILES string of the molecule is Cc1nn([C@@H](C)C(=O)N2CCC3(CC2)OCCO3)c(=O)c2c(-n3cccc3)n(-c3ccccc3)nc12. The highest BCUT2D eigenvalue weighted by molar-refractivity contribution is 5.88. The van der Waals surface area contributed by atoms with Crippen LogP contribution < -0.4 is 5.56 Å². The molecule has 2 aliphatic rings. The molecule has 1 spiro atoms. The Morgan fingerprint density at radius 3 is 2.33 bits per heavy atom. The molecule has 2 fully saturated rings. The van der Waals surface area contributed by atoms with Gasteiger partial charge in [0.1, 0.15) is 16.9 Å². The number of carbonyl (C=O) groups excluding carboxylic acids is 1. The van der Waals surface area contributed by atoms with Gasteiger partial charge in [0.15, 0.2) is 11.6 Å². The molecular weight excluding hydrogens is 460 g/mol. The van der Waals surface area contributed by atoms with E-state index in [9.17, 15) is 9.59 Å². The van der Waals surface area contributed by atoms with Gasteiger partial charge in [0.05, 0.1) is 24.6 Å². The van der Waals surface area contributed by atoms with Crippen LogP contribution >= 0.6 is 0 Å². The van der Waals surface area contributed by atoms with Gasteiger partial charge in [0.2, 0.25) is 5.91 Å². The van der Waals surface area contributed by atoms with E-state index in [4.69, 9.17) is 14.6 Å². The van der Waals surface area contributed by atoms with Gasteiger partial charge in [-0.2, -0.15) is 10.2 Å². The largest absolute Gasteiger partial charge is 0.347 e. The van der Waals surface area contributed by atoms with Crippen molar-refractivity contribution in [2.75, 3.05) is 26.3 Å². The van der Waals surface area contributed by atoms with Crippen molar-refractivity contribution in [2.24, 2.45) is 0 Å². The molecule has 1 amide bonds. The quantitative estimate of drug-likeness (QED) is 0.438. The number of fused-ring (bicyclic) bond motifs is 1. The van der Waals surface area contributed by atoms with E-state index in [1.54, 1.807) is 16.5 Å². The first-order valence-electron chi connectivity index (χ1n) is 12.2. The molecule has 6 rings (SSSR count). The van der Waals surface area contributed by atoms with Crippen LogP contribution in [0.2, 0.25) is 0 Å². The van der Waals surface area contributed by atoms with Crippen molar-refractivity contribution >= 4 is 16.8 Å². The number of amides is 1. The molecule has 0 aliphatic carbocycles. The molecule has 10 heteroatoms. The van der Waals surface area contributed by atoms with Crippen LogP contribution in [0.4, 0.5) is 0 Å². The van der Waals surface area contributed by atoms with Crippen LogP contribution in [-0.4, -0.2) is 67.0 Å². The molecule has 5 heterocycles.